The van der Waals surface area contributed by atoms with Gasteiger partial charge in [0, 0.05) is 4.90 Å². The third kappa shape index (κ3) is 5.75. The summed E-state index contributed by atoms with van der Waals surface area (Å²) in [6, 6.07) is 6.33. The van der Waals surface area contributed by atoms with Gasteiger partial charge in [0.15, 0.2) is 0 Å². The topological polar surface area (TPSA) is 109 Å². The van der Waals surface area contributed by atoms with Gasteiger partial charge < -0.3 is 16.2 Å². The minimum atomic E-state index is -1.28. The maximum absolute atomic E-state index is 11.6. The Morgan fingerprint density at radius 2 is 1.90 bits per heavy atom. The zero-order valence-corrected chi connectivity index (χ0v) is 11.8. The molecule has 0 saturated carbocycles. The predicted octanol–water partition coefficient (Wildman–Crippen LogP) is 0.532. The van der Waals surface area contributed by atoms with Crippen LogP contribution < -0.4 is 11.1 Å². The van der Waals surface area contributed by atoms with Crippen molar-refractivity contribution in [2.45, 2.75) is 24.3 Å². The van der Waals surface area contributed by atoms with Crippen LogP contribution in [0.5, 0.6) is 0 Å². The summed E-state index contributed by atoms with van der Waals surface area (Å²) in [5.41, 5.74) is 6.04. The lowest BCUT2D eigenvalue weighted by atomic mass is 10.2. The molecule has 1 aromatic rings. The maximum Gasteiger partial charge on any atom is 0.326 e. The van der Waals surface area contributed by atoms with E-state index in [9.17, 15) is 14.4 Å². The lowest BCUT2D eigenvalue weighted by Crippen LogP contribution is -2.44. The second-order valence-electron chi connectivity index (χ2n) is 4.23. The van der Waals surface area contributed by atoms with Crippen molar-refractivity contribution in [2.75, 3.05) is 5.75 Å². The zero-order valence-electron chi connectivity index (χ0n) is 11.0. The summed E-state index contributed by atoms with van der Waals surface area (Å²) in [6.07, 6.45) is -0.420. The number of primary amides is 1. The number of thioether (sulfide) groups is 1. The number of nitrogens with two attached hydrogens (primary N) is 1. The van der Waals surface area contributed by atoms with Crippen molar-refractivity contribution in [2.24, 2.45) is 5.73 Å². The molecule has 20 heavy (non-hydrogen) atoms. The Morgan fingerprint density at radius 1 is 1.30 bits per heavy atom. The molecule has 2 amide bonds. The number of hydrogen-bond donors (Lipinski definition) is 3. The van der Waals surface area contributed by atoms with Crippen LogP contribution in [0.4, 0.5) is 0 Å². The quantitative estimate of drug-likeness (QED) is 0.636. The lowest BCUT2D eigenvalue weighted by Gasteiger charge is -2.12. The Hall–Kier alpha value is -2.02. The minimum absolute atomic E-state index is 0.0750. The smallest absolute Gasteiger partial charge is 0.326 e. The molecular formula is C13H16N2O4S. The molecule has 0 aliphatic rings. The summed E-state index contributed by atoms with van der Waals surface area (Å²) in [5, 5.41) is 11.1. The van der Waals surface area contributed by atoms with Gasteiger partial charge in [0.1, 0.15) is 6.04 Å². The Bertz CT molecular complexity index is 502. The average Bonchev–Trinajstić information content (AvgIpc) is 2.36. The van der Waals surface area contributed by atoms with Gasteiger partial charge in [0.25, 0.3) is 0 Å². The first-order valence-electron chi connectivity index (χ1n) is 5.88. The fraction of sp³-hybridized carbons (Fsp3) is 0.308. The number of benzene rings is 1. The number of nitrogens with one attached hydrogen (secondary N) is 1. The molecule has 0 saturated heterocycles. The summed E-state index contributed by atoms with van der Waals surface area (Å²) in [7, 11) is 0. The van der Waals surface area contributed by atoms with Crippen LogP contribution >= 0.6 is 11.8 Å². The number of carboxylic acid groups (broad SMARTS) is 1. The standard InChI is InChI=1S/C13H16N2O4S/c1-8-2-4-9(5-3-8)20-7-12(17)15-10(13(18)19)6-11(14)16/h2-5,10H,6-7H2,1H3,(H2,14,16)(H,15,17)(H,18,19)/t10-/m0/s1. The van der Waals surface area contributed by atoms with Gasteiger partial charge in [-0.2, -0.15) is 0 Å². The van der Waals surface area contributed by atoms with Crippen molar-refractivity contribution >= 4 is 29.5 Å². The molecule has 0 fully saturated rings. The van der Waals surface area contributed by atoms with Crippen molar-refractivity contribution in [3.8, 4) is 0 Å². The normalized spacial score (nSPS) is 11.7. The van der Waals surface area contributed by atoms with Gasteiger partial charge in [-0.3, -0.25) is 9.59 Å². The molecule has 0 radical (unpaired) electrons. The van der Waals surface area contributed by atoms with Gasteiger partial charge in [-0.15, -0.1) is 11.8 Å². The molecule has 1 aromatic carbocycles. The molecule has 108 valence electrons. The van der Waals surface area contributed by atoms with Crippen LogP contribution in [0.3, 0.4) is 0 Å². The number of carboxylic acids is 1. The largest absolute Gasteiger partial charge is 0.480 e. The second kappa shape index (κ2) is 7.54. The summed E-state index contributed by atoms with van der Waals surface area (Å²) >= 11 is 1.29. The molecule has 7 heteroatoms. The van der Waals surface area contributed by atoms with Crippen LogP contribution in [-0.2, 0) is 14.4 Å². The molecule has 0 aliphatic heterocycles. The SMILES string of the molecule is Cc1ccc(SCC(=O)N[C@@H](CC(N)=O)C(=O)O)cc1. The monoisotopic (exact) mass is 296 g/mol. The van der Waals surface area contributed by atoms with Crippen molar-refractivity contribution in [3.63, 3.8) is 0 Å². The van der Waals surface area contributed by atoms with Crippen LogP contribution in [0.2, 0.25) is 0 Å². The van der Waals surface area contributed by atoms with E-state index in [0.717, 1.165) is 10.5 Å². The number of carbonyl (C=O) groups excluding carboxylic acids is 2. The second-order valence-corrected chi connectivity index (χ2v) is 5.28. The molecular weight excluding hydrogens is 280 g/mol. The summed E-state index contributed by atoms with van der Waals surface area (Å²) in [4.78, 5) is 34.1. The van der Waals surface area contributed by atoms with E-state index in [1.807, 2.05) is 31.2 Å². The molecule has 0 spiro atoms. The Balaban J connectivity index is 2.47. The highest BCUT2D eigenvalue weighted by Gasteiger charge is 2.21. The third-order valence-electron chi connectivity index (χ3n) is 2.43. The first-order valence-corrected chi connectivity index (χ1v) is 6.87. The van der Waals surface area contributed by atoms with Gasteiger partial charge in [0.05, 0.1) is 12.2 Å². The number of carbonyl (C=O) groups is 3. The molecule has 0 aliphatic carbocycles. The Morgan fingerprint density at radius 3 is 2.40 bits per heavy atom. The van der Waals surface area contributed by atoms with E-state index in [4.69, 9.17) is 10.8 Å². The third-order valence-corrected chi connectivity index (χ3v) is 3.44. The van der Waals surface area contributed by atoms with E-state index in [1.54, 1.807) is 0 Å². The van der Waals surface area contributed by atoms with E-state index >= 15 is 0 Å². The first kappa shape index (κ1) is 16.0. The molecule has 6 nitrogen and oxygen atoms in total. The van der Waals surface area contributed by atoms with Crippen LogP contribution in [-0.4, -0.2) is 34.7 Å². The van der Waals surface area contributed by atoms with E-state index in [1.165, 1.54) is 11.8 Å². The summed E-state index contributed by atoms with van der Waals surface area (Å²) in [6.45, 7) is 1.96. The number of aliphatic carboxylic acids is 1. The highest BCUT2D eigenvalue weighted by molar-refractivity contribution is 8.00. The molecule has 0 aromatic heterocycles. The van der Waals surface area contributed by atoms with Crippen LogP contribution in [0.15, 0.2) is 29.2 Å². The lowest BCUT2D eigenvalue weighted by molar-refractivity contribution is -0.143. The number of aryl methyl sites for hydroxylation is 1. The number of amides is 2. The summed E-state index contributed by atoms with van der Waals surface area (Å²) in [5.74, 6) is -2.43. The van der Waals surface area contributed by atoms with Crippen LogP contribution in [0.25, 0.3) is 0 Å². The van der Waals surface area contributed by atoms with Crippen molar-refractivity contribution in [3.05, 3.63) is 29.8 Å². The van der Waals surface area contributed by atoms with E-state index in [-0.39, 0.29) is 5.75 Å². The number of hydrogen-bond acceptors (Lipinski definition) is 4. The van der Waals surface area contributed by atoms with E-state index in [0.29, 0.717) is 0 Å². The van der Waals surface area contributed by atoms with Crippen molar-refractivity contribution in [1.29, 1.82) is 0 Å². The molecule has 1 rings (SSSR count). The fourth-order valence-electron chi connectivity index (χ4n) is 1.42. The van der Waals surface area contributed by atoms with Crippen LogP contribution in [0, 0.1) is 6.92 Å². The Labute approximate surface area is 120 Å². The molecule has 4 N–H and O–H groups in total. The zero-order chi connectivity index (χ0) is 15.1. The van der Waals surface area contributed by atoms with E-state index in [2.05, 4.69) is 5.32 Å². The van der Waals surface area contributed by atoms with Crippen molar-refractivity contribution < 1.29 is 19.5 Å². The van der Waals surface area contributed by atoms with E-state index < -0.39 is 30.2 Å². The molecule has 1 atom stereocenters. The van der Waals surface area contributed by atoms with Gasteiger partial charge in [0.2, 0.25) is 11.8 Å². The predicted molar refractivity (Wildman–Crippen MR) is 75.3 cm³/mol. The minimum Gasteiger partial charge on any atom is -0.480 e. The molecule has 0 heterocycles. The van der Waals surface area contributed by atoms with Gasteiger partial charge in [-0.05, 0) is 19.1 Å². The Kier molecular flexibility index (Phi) is 6.05. The first-order chi connectivity index (χ1) is 9.38. The van der Waals surface area contributed by atoms with Gasteiger partial charge in [-0.1, -0.05) is 17.7 Å². The molecule has 0 bridgehead atoms. The fourth-order valence-corrected chi connectivity index (χ4v) is 2.13. The maximum atomic E-state index is 11.6. The average molecular weight is 296 g/mol. The highest BCUT2D eigenvalue weighted by Crippen LogP contribution is 2.17. The number of rotatable bonds is 7. The highest BCUT2D eigenvalue weighted by atomic mass is 32.2. The van der Waals surface area contributed by atoms with Crippen LogP contribution in [0.1, 0.15) is 12.0 Å². The summed E-state index contributed by atoms with van der Waals surface area (Å²) < 4.78 is 0. The molecule has 0 unspecified atom stereocenters. The van der Waals surface area contributed by atoms with Gasteiger partial charge >= 0.3 is 5.97 Å². The van der Waals surface area contributed by atoms with Crippen molar-refractivity contribution in [1.82, 2.24) is 5.32 Å². The van der Waals surface area contributed by atoms with Gasteiger partial charge in [-0.25, -0.2) is 4.79 Å².